The van der Waals surface area contributed by atoms with Gasteiger partial charge in [-0.05, 0) is 31.6 Å². The molecule has 0 aromatic carbocycles. The first-order chi connectivity index (χ1) is 9.26. The minimum absolute atomic E-state index is 0.347. The minimum Gasteiger partial charge on any atom is -0.342 e. The van der Waals surface area contributed by atoms with Gasteiger partial charge in [-0.1, -0.05) is 12.1 Å². The number of carbonyl (C=O) groups excluding carboxylic acids is 1. The van der Waals surface area contributed by atoms with Gasteiger partial charge in [-0.15, -0.1) is 0 Å². The van der Waals surface area contributed by atoms with Gasteiger partial charge >= 0.3 is 0 Å². The summed E-state index contributed by atoms with van der Waals surface area (Å²) in [5.41, 5.74) is 0. The normalized spacial score (nSPS) is 20.8. The van der Waals surface area contributed by atoms with Crippen LogP contribution >= 0.6 is 0 Å². The van der Waals surface area contributed by atoms with Gasteiger partial charge in [0.1, 0.15) is 0 Å². The Morgan fingerprint density at radius 3 is 2.63 bits per heavy atom. The third kappa shape index (κ3) is 2.96. The van der Waals surface area contributed by atoms with Gasteiger partial charge in [0.05, 0.1) is 0 Å². The van der Waals surface area contributed by atoms with Crippen molar-refractivity contribution in [3.8, 4) is 0 Å². The Labute approximate surface area is 113 Å². The van der Waals surface area contributed by atoms with E-state index < -0.39 is 0 Å². The summed E-state index contributed by atoms with van der Waals surface area (Å²) < 4.78 is 5.24. The Balaban J connectivity index is 1.48. The molecule has 1 aliphatic heterocycles. The molecule has 19 heavy (non-hydrogen) atoms. The third-order valence-corrected chi connectivity index (χ3v) is 4.14. The van der Waals surface area contributed by atoms with E-state index in [2.05, 4.69) is 10.1 Å². The Hall–Kier alpha value is -1.39. The highest BCUT2D eigenvalue weighted by Crippen LogP contribution is 2.32. The summed E-state index contributed by atoms with van der Waals surface area (Å²) >= 11 is 0. The van der Waals surface area contributed by atoms with Gasteiger partial charge in [-0.25, -0.2) is 0 Å². The van der Waals surface area contributed by atoms with E-state index in [1.54, 1.807) is 0 Å². The predicted octanol–water partition coefficient (Wildman–Crippen LogP) is 1.82. The molecule has 1 aliphatic carbocycles. The summed E-state index contributed by atoms with van der Waals surface area (Å²) in [6.07, 6.45) is 5.99. The minimum atomic E-state index is 0.347. The number of aromatic nitrogens is 2. The average Bonchev–Trinajstić information content (AvgIpc) is 3.19. The zero-order valence-corrected chi connectivity index (χ0v) is 11.5. The molecule has 3 rings (SSSR count). The lowest BCUT2D eigenvalue weighted by molar-refractivity contribution is -0.133. The number of likely N-dealkylation sites (tertiary alicyclic amines) is 1. The maximum absolute atomic E-state index is 12.0. The number of aryl methyl sites for hydroxylation is 1. The number of carbonyl (C=O) groups is 1. The first kappa shape index (κ1) is 12.6. The standard InChI is InChI=1S/C14H21N3O2/c1-2-12-15-13(19-16-12)9-10-5-7-17(8-6-10)14(18)11-3-4-11/h10-11H,2-9H2,1H3. The van der Waals surface area contributed by atoms with Crippen LogP contribution in [0.5, 0.6) is 0 Å². The predicted molar refractivity (Wildman–Crippen MR) is 69.4 cm³/mol. The Morgan fingerprint density at radius 1 is 1.32 bits per heavy atom. The second-order valence-electron chi connectivity index (χ2n) is 5.70. The van der Waals surface area contributed by atoms with Crippen LogP contribution in [0.15, 0.2) is 4.52 Å². The smallest absolute Gasteiger partial charge is 0.226 e. The van der Waals surface area contributed by atoms with Crippen LogP contribution < -0.4 is 0 Å². The number of rotatable bonds is 4. The summed E-state index contributed by atoms with van der Waals surface area (Å²) in [7, 11) is 0. The monoisotopic (exact) mass is 263 g/mol. The maximum atomic E-state index is 12.0. The van der Waals surface area contributed by atoms with Crippen molar-refractivity contribution in [1.29, 1.82) is 0 Å². The van der Waals surface area contributed by atoms with E-state index in [-0.39, 0.29) is 0 Å². The van der Waals surface area contributed by atoms with Crippen molar-refractivity contribution in [3.63, 3.8) is 0 Å². The van der Waals surface area contributed by atoms with Crippen LogP contribution in [0.25, 0.3) is 0 Å². The number of nitrogens with zero attached hydrogens (tertiary/aromatic N) is 3. The van der Waals surface area contributed by atoms with Gasteiger partial charge in [0, 0.05) is 31.8 Å². The molecule has 5 heteroatoms. The molecule has 1 aromatic heterocycles. The van der Waals surface area contributed by atoms with E-state index in [1.165, 1.54) is 0 Å². The highest BCUT2D eigenvalue weighted by Gasteiger charge is 2.35. The summed E-state index contributed by atoms with van der Waals surface area (Å²) in [5, 5.41) is 3.92. The summed E-state index contributed by atoms with van der Waals surface area (Å²) in [6.45, 7) is 3.82. The highest BCUT2D eigenvalue weighted by molar-refractivity contribution is 5.81. The molecule has 0 atom stereocenters. The zero-order chi connectivity index (χ0) is 13.2. The van der Waals surface area contributed by atoms with Crippen molar-refractivity contribution < 1.29 is 9.32 Å². The number of hydrogen-bond donors (Lipinski definition) is 0. The van der Waals surface area contributed by atoms with Crippen LogP contribution in [0.1, 0.15) is 44.3 Å². The molecule has 1 amide bonds. The van der Waals surface area contributed by atoms with Crippen molar-refractivity contribution in [3.05, 3.63) is 11.7 Å². The number of piperidine rings is 1. The molecule has 1 saturated carbocycles. The fourth-order valence-electron chi connectivity index (χ4n) is 2.71. The summed E-state index contributed by atoms with van der Waals surface area (Å²) in [5.74, 6) is 2.85. The van der Waals surface area contributed by atoms with Crippen LogP contribution in [0.3, 0.4) is 0 Å². The largest absolute Gasteiger partial charge is 0.342 e. The molecular formula is C14H21N3O2. The molecule has 1 aromatic rings. The molecule has 2 fully saturated rings. The van der Waals surface area contributed by atoms with Gasteiger partial charge in [0.25, 0.3) is 0 Å². The van der Waals surface area contributed by atoms with Crippen molar-refractivity contribution in [1.82, 2.24) is 15.0 Å². The first-order valence-corrected chi connectivity index (χ1v) is 7.36. The number of amides is 1. The van der Waals surface area contributed by atoms with Gasteiger partial charge in [-0.3, -0.25) is 4.79 Å². The fourth-order valence-corrected chi connectivity index (χ4v) is 2.71. The molecular weight excluding hydrogens is 242 g/mol. The molecule has 2 heterocycles. The molecule has 0 radical (unpaired) electrons. The van der Waals surface area contributed by atoms with E-state index in [0.29, 0.717) is 17.7 Å². The SMILES string of the molecule is CCc1noc(CC2CCN(C(=O)C3CC3)CC2)n1. The highest BCUT2D eigenvalue weighted by atomic mass is 16.5. The van der Waals surface area contributed by atoms with Crippen LogP contribution in [0.4, 0.5) is 0 Å². The Morgan fingerprint density at radius 2 is 2.05 bits per heavy atom. The maximum Gasteiger partial charge on any atom is 0.226 e. The van der Waals surface area contributed by atoms with E-state index in [0.717, 1.165) is 63.3 Å². The average molecular weight is 263 g/mol. The van der Waals surface area contributed by atoms with Crippen LogP contribution in [0, 0.1) is 11.8 Å². The van der Waals surface area contributed by atoms with E-state index >= 15 is 0 Å². The number of hydrogen-bond acceptors (Lipinski definition) is 4. The molecule has 104 valence electrons. The fraction of sp³-hybridized carbons (Fsp3) is 0.786. The first-order valence-electron chi connectivity index (χ1n) is 7.36. The van der Waals surface area contributed by atoms with Gasteiger partial charge in [-0.2, -0.15) is 4.98 Å². The lowest BCUT2D eigenvalue weighted by Crippen LogP contribution is -2.39. The topological polar surface area (TPSA) is 59.2 Å². The molecule has 0 unspecified atom stereocenters. The molecule has 1 saturated heterocycles. The zero-order valence-electron chi connectivity index (χ0n) is 11.5. The molecule has 0 N–H and O–H groups in total. The van der Waals surface area contributed by atoms with E-state index in [4.69, 9.17) is 4.52 Å². The molecule has 0 spiro atoms. The lowest BCUT2D eigenvalue weighted by atomic mass is 9.93. The van der Waals surface area contributed by atoms with Crippen LogP contribution in [-0.2, 0) is 17.6 Å². The Bertz CT molecular complexity index is 445. The lowest BCUT2D eigenvalue weighted by Gasteiger charge is -2.31. The Kier molecular flexibility index (Phi) is 3.53. The molecule has 5 nitrogen and oxygen atoms in total. The van der Waals surface area contributed by atoms with Gasteiger partial charge in [0.15, 0.2) is 5.82 Å². The quantitative estimate of drug-likeness (QED) is 0.831. The second-order valence-corrected chi connectivity index (χ2v) is 5.70. The van der Waals surface area contributed by atoms with Gasteiger partial charge < -0.3 is 9.42 Å². The summed E-state index contributed by atoms with van der Waals surface area (Å²) in [4.78, 5) is 18.4. The summed E-state index contributed by atoms with van der Waals surface area (Å²) in [6, 6.07) is 0. The van der Waals surface area contributed by atoms with E-state index in [9.17, 15) is 4.79 Å². The van der Waals surface area contributed by atoms with Gasteiger partial charge in [0.2, 0.25) is 11.8 Å². The van der Waals surface area contributed by atoms with Crippen LogP contribution in [-0.4, -0.2) is 34.0 Å². The van der Waals surface area contributed by atoms with Crippen molar-refractivity contribution in [2.75, 3.05) is 13.1 Å². The van der Waals surface area contributed by atoms with Crippen molar-refractivity contribution in [2.24, 2.45) is 11.8 Å². The van der Waals surface area contributed by atoms with Crippen molar-refractivity contribution >= 4 is 5.91 Å². The van der Waals surface area contributed by atoms with Crippen LogP contribution in [0.2, 0.25) is 0 Å². The third-order valence-electron chi connectivity index (χ3n) is 4.14. The van der Waals surface area contributed by atoms with E-state index in [1.807, 2.05) is 11.8 Å². The second kappa shape index (κ2) is 5.31. The molecule has 0 bridgehead atoms. The molecule has 2 aliphatic rings. The van der Waals surface area contributed by atoms with Crippen molar-refractivity contribution in [2.45, 2.75) is 45.4 Å².